The van der Waals surface area contributed by atoms with Crippen LogP contribution in [-0.4, -0.2) is 29.0 Å². The number of thioether (sulfide) groups is 1. The maximum atomic E-state index is 12.5. The van der Waals surface area contributed by atoms with Crippen molar-refractivity contribution >= 4 is 35.2 Å². The molecular formula is C18H16ClN3O2S. The summed E-state index contributed by atoms with van der Waals surface area (Å²) in [5.41, 5.74) is 6.61. The molecule has 7 heteroatoms. The van der Waals surface area contributed by atoms with E-state index in [0.717, 1.165) is 10.5 Å². The molecule has 0 saturated carbocycles. The van der Waals surface area contributed by atoms with Crippen LogP contribution in [0.2, 0.25) is 5.02 Å². The molecule has 0 heterocycles. The van der Waals surface area contributed by atoms with E-state index in [4.69, 9.17) is 22.6 Å². The molecule has 5 nitrogen and oxygen atoms in total. The van der Waals surface area contributed by atoms with Gasteiger partial charge in [-0.3, -0.25) is 9.59 Å². The molecule has 0 spiro atoms. The molecule has 2 amide bonds. The monoisotopic (exact) mass is 373 g/mol. The molecule has 2 rings (SSSR count). The van der Waals surface area contributed by atoms with E-state index in [9.17, 15) is 9.59 Å². The van der Waals surface area contributed by atoms with Crippen molar-refractivity contribution in [3.63, 3.8) is 0 Å². The Morgan fingerprint density at radius 3 is 2.44 bits per heavy atom. The average Bonchev–Trinajstić information content (AvgIpc) is 2.60. The van der Waals surface area contributed by atoms with E-state index in [0.29, 0.717) is 10.6 Å². The first-order chi connectivity index (χ1) is 12.0. The third kappa shape index (κ3) is 5.82. The summed E-state index contributed by atoms with van der Waals surface area (Å²) in [6.45, 7) is 0.0818. The number of halogens is 1. The second kappa shape index (κ2) is 9.11. The second-order valence-corrected chi connectivity index (χ2v) is 6.67. The molecule has 0 aliphatic heterocycles. The summed E-state index contributed by atoms with van der Waals surface area (Å²) >= 11 is 7.39. The minimum Gasteiger partial charge on any atom is -0.368 e. The van der Waals surface area contributed by atoms with Crippen LogP contribution in [0.5, 0.6) is 0 Å². The lowest BCUT2D eigenvalue weighted by Crippen LogP contribution is -2.38. The Bertz CT molecular complexity index is 803. The van der Waals surface area contributed by atoms with Gasteiger partial charge in [-0.25, -0.2) is 0 Å². The van der Waals surface area contributed by atoms with Crippen molar-refractivity contribution in [2.75, 3.05) is 12.3 Å². The lowest BCUT2D eigenvalue weighted by atomic mass is 10.1. The zero-order valence-corrected chi connectivity index (χ0v) is 14.9. The van der Waals surface area contributed by atoms with Crippen LogP contribution in [0.25, 0.3) is 0 Å². The van der Waals surface area contributed by atoms with Crippen LogP contribution in [0.15, 0.2) is 53.4 Å². The molecule has 0 bridgehead atoms. The smallest absolute Gasteiger partial charge is 0.237 e. The fourth-order valence-corrected chi connectivity index (χ4v) is 3.26. The van der Waals surface area contributed by atoms with Crippen LogP contribution in [-0.2, 0) is 16.1 Å². The molecule has 0 fully saturated rings. The summed E-state index contributed by atoms with van der Waals surface area (Å²) in [6, 6.07) is 16.1. The minimum absolute atomic E-state index is 0.146. The highest BCUT2D eigenvalue weighted by Crippen LogP contribution is 2.26. The van der Waals surface area contributed by atoms with Gasteiger partial charge in [0, 0.05) is 11.4 Å². The number of primary amides is 1. The van der Waals surface area contributed by atoms with Crippen molar-refractivity contribution in [1.82, 2.24) is 4.90 Å². The van der Waals surface area contributed by atoms with Gasteiger partial charge in [0.15, 0.2) is 0 Å². The lowest BCUT2D eigenvalue weighted by molar-refractivity contribution is -0.133. The number of nitriles is 1. The topological polar surface area (TPSA) is 87.2 Å². The van der Waals surface area contributed by atoms with Gasteiger partial charge < -0.3 is 10.6 Å². The first-order valence-electron chi connectivity index (χ1n) is 7.42. The Labute approximate surface area is 155 Å². The first-order valence-corrected chi connectivity index (χ1v) is 8.78. The number of nitrogens with zero attached hydrogens (tertiary/aromatic N) is 2. The third-order valence-electron chi connectivity index (χ3n) is 3.34. The third-order valence-corrected chi connectivity index (χ3v) is 4.84. The quantitative estimate of drug-likeness (QED) is 0.756. The summed E-state index contributed by atoms with van der Waals surface area (Å²) in [6.07, 6.45) is 0. The lowest BCUT2D eigenvalue weighted by Gasteiger charge is -2.21. The molecule has 0 unspecified atom stereocenters. The second-order valence-electron chi connectivity index (χ2n) is 5.24. The van der Waals surface area contributed by atoms with Gasteiger partial charge in [-0.1, -0.05) is 35.9 Å². The zero-order valence-electron chi connectivity index (χ0n) is 13.3. The molecule has 25 heavy (non-hydrogen) atoms. The van der Waals surface area contributed by atoms with E-state index in [1.165, 1.54) is 16.7 Å². The number of amides is 2. The van der Waals surface area contributed by atoms with Crippen molar-refractivity contribution < 1.29 is 9.59 Å². The average molecular weight is 374 g/mol. The SMILES string of the molecule is N#Cc1ccc(CN(CC(N)=O)C(=O)CSc2ccccc2Cl)cc1. The Morgan fingerprint density at radius 2 is 1.84 bits per heavy atom. The number of hydrogen-bond donors (Lipinski definition) is 1. The highest BCUT2D eigenvalue weighted by Gasteiger charge is 2.17. The van der Waals surface area contributed by atoms with Crippen molar-refractivity contribution in [3.8, 4) is 6.07 Å². The van der Waals surface area contributed by atoms with Crippen molar-refractivity contribution in [2.24, 2.45) is 5.73 Å². The highest BCUT2D eigenvalue weighted by molar-refractivity contribution is 8.00. The maximum Gasteiger partial charge on any atom is 0.237 e. The van der Waals surface area contributed by atoms with Gasteiger partial charge in [-0.15, -0.1) is 11.8 Å². The van der Waals surface area contributed by atoms with E-state index < -0.39 is 5.91 Å². The number of rotatable bonds is 7. The summed E-state index contributed by atoms with van der Waals surface area (Å²) in [7, 11) is 0. The van der Waals surface area contributed by atoms with Crippen LogP contribution in [0.4, 0.5) is 0 Å². The summed E-state index contributed by atoms with van der Waals surface area (Å²) in [4.78, 5) is 26.0. The van der Waals surface area contributed by atoms with E-state index in [2.05, 4.69) is 0 Å². The van der Waals surface area contributed by atoms with Crippen LogP contribution < -0.4 is 5.73 Å². The summed E-state index contributed by atoms with van der Waals surface area (Å²) < 4.78 is 0. The molecule has 2 aromatic carbocycles. The van der Waals surface area contributed by atoms with Crippen LogP contribution in [0.3, 0.4) is 0 Å². The van der Waals surface area contributed by atoms with E-state index in [1.54, 1.807) is 30.3 Å². The molecule has 2 aromatic rings. The van der Waals surface area contributed by atoms with Gasteiger partial charge in [0.05, 0.1) is 29.0 Å². The molecular weight excluding hydrogens is 358 g/mol. The van der Waals surface area contributed by atoms with E-state index in [1.807, 2.05) is 24.3 Å². The molecule has 128 valence electrons. The fourth-order valence-electron chi connectivity index (χ4n) is 2.12. The Kier molecular flexibility index (Phi) is 6.87. The standard InChI is InChI=1S/C18H16ClN3O2S/c19-15-3-1-2-4-16(15)25-12-18(24)22(11-17(21)23)10-14-7-5-13(9-20)6-8-14/h1-8H,10-12H2,(H2,21,23). The molecule has 0 radical (unpaired) electrons. The van der Waals surface area contributed by atoms with Gasteiger partial charge in [-0.05, 0) is 29.8 Å². The number of nitrogens with two attached hydrogens (primary N) is 1. The molecule has 0 saturated heterocycles. The zero-order chi connectivity index (χ0) is 18.2. The Balaban J connectivity index is 2.04. The maximum absolute atomic E-state index is 12.5. The van der Waals surface area contributed by atoms with Gasteiger partial charge in [0.2, 0.25) is 11.8 Å². The molecule has 0 aliphatic carbocycles. The highest BCUT2D eigenvalue weighted by atomic mass is 35.5. The molecule has 2 N–H and O–H groups in total. The number of benzene rings is 2. The van der Waals surface area contributed by atoms with Crippen LogP contribution in [0.1, 0.15) is 11.1 Å². The number of carbonyl (C=O) groups is 2. The van der Waals surface area contributed by atoms with Gasteiger partial charge in [0.1, 0.15) is 0 Å². The summed E-state index contributed by atoms with van der Waals surface area (Å²) in [5.74, 6) is -0.648. The Hall–Kier alpha value is -2.49. The van der Waals surface area contributed by atoms with Gasteiger partial charge >= 0.3 is 0 Å². The van der Waals surface area contributed by atoms with E-state index >= 15 is 0 Å². The van der Waals surface area contributed by atoms with Gasteiger partial charge in [0.25, 0.3) is 0 Å². The predicted molar refractivity (Wildman–Crippen MR) is 97.9 cm³/mol. The van der Waals surface area contributed by atoms with E-state index in [-0.39, 0.29) is 24.7 Å². The molecule has 0 aliphatic rings. The normalized spacial score (nSPS) is 10.1. The largest absolute Gasteiger partial charge is 0.368 e. The van der Waals surface area contributed by atoms with Crippen molar-refractivity contribution in [2.45, 2.75) is 11.4 Å². The number of hydrogen-bond acceptors (Lipinski definition) is 4. The predicted octanol–water partition coefficient (Wildman–Crippen LogP) is 2.82. The molecule has 0 aromatic heterocycles. The fraction of sp³-hybridized carbons (Fsp3) is 0.167. The summed E-state index contributed by atoms with van der Waals surface area (Å²) in [5, 5.41) is 9.41. The van der Waals surface area contributed by atoms with Crippen LogP contribution >= 0.6 is 23.4 Å². The first kappa shape index (κ1) is 18.8. The number of carbonyl (C=O) groups excluding carboxylic acids is 2. The van der Waals surface area contributed by atoms with Gasteiger partial charge in [-0.2, -0.15) is 5.26 Å². The Morgan fingerprint density at radius 1 is 1.16 bits per heavy atom. The minimum atomic E-state index is -0.579. The van der Waals surface area contributed by atoms with Crippen molar-refractivity contribution in [1.29, 1.82) is 5.26 Å². The molecule has 0 atom stereocenters. The van der Waals surface area contributed by atoms with Crippen molar-refractivity contribution in [3.05, 3.63) is 64.7 Å². The van der Waals surface area contributed by atoms with Crippen LogP contribution in [0, 0.1) is 11.3 Å².